The summed E-state index contributed by atoms with van der Waals surface area (Å²) < 4.78 is 14.8. The Kier molecular flexibility index (Phi) is 9.05. The average molecular weight is 546 g/mol. The molecule has 0 aliphatic carbocycles. The fourth-order valence-corrected chi connectivity index (χ4v) is 6.19. The number of unbranched alkanes of at least 4 members (excludes halogenated alkanes) is 2. The number of benzene rings is 1. The fraction of sp³-hybridized carbons (Fsp3) is 0.655. The lowest BCUT2D eigenvalue weighted by Crippen LogP contribution is -2.61. The van der Waals surface area contributed by atoms with Crippen LogP contribution in [0, 0.1) is 5.82 Å². The van der Waals surface area contributed by atoms with Gasteiger partial charge in [-0.3, -0.25) is 9.80 Å². The zero-order valence-electron chi connectivity index (χ0n) is 23.9. The second-order valence-corrected chi connectivity index (χ2v) is 12.6. The van der Waals surface area contributed by atoms with Crippen LogP contribution < -0.4 is 15.5 Å². The number of halogens is 2. The molecule has 2 aliphatic heterocycles. The van der Waals surface area contributed by atoms with E-state index in [9.17, 15) is 4.39 Å². The molecule has 2 fully saturated rings. The highest BCUT2D eigenvalue weighted by Gasteiger charge is 2.43. The molecule has 0 unspecified atom stereocenters. The topological polar surface area (TPSA) is 59.6 Å². The van der Waals surface area contributed by atoms with E-state index in [4.69, 9.17) is 11.6 Å². The summed E-state index contributed by atoms with van der Waals surface area (Å²) in [6, 6.07) is 5.96. The van der Waals surface area contributed by atoms with Gasteiger partial charge >= 0.3 is 0 Å². The fourth-order valence-electron chi connectivity index (χ4n) is 5.95. The summed E-state index contributed by atoms with van der Waals surface area (Å²) in [6.07, 6.45) is 6.82. The monoisotopic (exact) mass is 545 g/mol. The summed E-state index contributed by atoms with van der Waals surface area (Å²) in [6.45, 7) is 16.3. The van der Waals surface area contributed by atoms with E-state index < -0.39 is 5.82 Å². The SMILES string of the molecule is CCCCCN1CCN(c2cc(Nc3ncc(F)c(NC4CC(C)(C)N(C)C(C)(C)C4)n3)ccc2Cl)CC1. The highest BCUT2D eigenvalue weighted by molar-refractivity contribution is 6.33. The number of aromatic nitrogens is 2. The first-order chi connectivity index (χ1) is 18.0. The predicted molar refractivity (Wildman–Crippen MR) is 157 cm³/mol. The molecule has 2 aromatic rings. The number of likely N-dealkylation sites (tertiary alicyclic amines) is 1. The van der Waals surface area contributed by atoms with Crippen LogP contribution in [0.2, 0.25) is 5.02 Å². The lowest BCUT2D eigenvalue weighted by atomic mass is 9.77. The quantitative estimate of drug-likeness (QED) is 0.354. The Morgan fingerprint density at radius 3 is 2.39 bits per heavy atom. The third-order valence-corrected chi connectivity index (χ3v) is 8.71. The maximum absolute atomic E-state index is 14.8. The predicted octanol–water partition coefficient (Wildman–Crippen LogP) is 6.39. The smallest absolute Gasteiger partial charge is 0.229 e. The minimum absolute atomic E-state index is 0.00923. The largest absolute Gasteiger partial charge is 0.368 e. The molecule has 0 spiro atoms. The molecule has 3 heterocycles. The standard InChI is InChI=1S/C29H45ClFN7/c1-7-8-9-12-37-13-15-38(16-14-37)25-17-21(10-11-23(25)30)34-27-32-20-24(31)26(35-27)33-22-18-28(2,3)36(6)29(4,5)19-22/h10-11,17,20,22H,7-9,12-16,18-19H2,1-6H3,(H2,32,33,34,35). The molecule has 38 heavy (non-hydrogen) atoms. The maximum Gasteiger partial charge on any atom is 0.229 e. The molecular weight excluding hydrogens is 501 g/mol. The van der Waals surface area contributed by atoms with E-state index in [0.29, 0.717) is 5.95 Å². The summed E-state index contributed by atoms with van der Waals surface area (Å²) in [5.74, 6) is 0.144. The van der Waals surface area contributed by atoms with E-state index in [2.05, 4.69) is 77.0 Å². The molecule has 1 aromatic heterocycles. The van der Waals surface area contributed by atoms with Crippen LogP contribution in [0.15, 0.2) is 24.4 Å². The van der Waals surface area contributed by atoms with Crippen molar-refractivity contribution in [3.8, 4) is 0 Å². The molecule has 0 saturated carbocycles. The van der Waals surface area contributed by atoms with Crippen LogP contribution in [-0.2, 0) is 0 Å². The van der Waals surface area contributed by atoms with Crippen molar-refractivity contribution in [2.45, 2.75) is 83.8 Å². The van der Waals surface area contributed by atoms with Crippen LogP contribution in [0.4, 0.5) is 27.5 Å². The molecule has 2 aliphatic rings. The summed E-state index contributed by atoms with van der Waals surface area (Å²) in [7, 11) is 2.16. The molecule has 1 aromatic carbocycles. The Labute approximate surface area is 233 Å². The van der Waals surface area contributed by atoms with Crippen molar-refractivity contribution >= 4 is 34.7 Å². The zero-order valence-corrected chi connectivity index (χ0v) is 24.7. The van der Waals surface area contributed by atoms with Crippen LogP contribution in [0.3, 0.4) is 0 Å². The van der Waals surface area contributed by atoms with Gasteiger partial charge in [-0.25, -0.2) is 9.37 Å². The van der Waals surface area contributed by atoms with E-state index >= 15 is 0 Å². The van der Waals surface area contributed by atoms with E-state index in [1.165, 1.54) is 32.0 Å². The number of hydrogen-bond donors (Lipinski definition) is 2. The van der Waals surface area contributed by atoms with Crippen molar-refractivity contribution in [3.05, 3.63) is 35.2 Å². The average Bonchev–Trinajstić information content (AvgIpc) is 2.86. The van der Waals surface area contributed by atoms with Gasteiger partial charge in [0, 0.05) is 49.0 Å². The highest BCUT2D eigenvalue weighted by atomic mass is 35.5. The van der Waals surface area contributed by atoms with E-state index in [-0.39, 0.29) is 22.9 Å². The second kappa shape index (κ2) is 11.9. The first-order valence-electron chi connectivity index (χ1n) is 14.1. The minimum Gasteiger partial charge on any atom is -0.368 e. The number of anilines is 4. The van der Waals surface area contributed by atoms with Gasteiger partial charge in [0.15, 0.2) is 11.6 Å². The molecule has 0 atom stereocenters. The van der Waals surface area contributed by atoms with E-state index in [1.54, 1.807) is 0 Å². The number of nitrogens with one attached hydrogen (secondary N) is 2. The number of rotatable bonds is 9. The zero-order chi connectivity index (χ0) is 27.5. The molecule has 9 heteroatoms. The molecule has 210 valence electrons. The van der Waals surface area contributed by atoms with Crippen LogP contribution in [0.25, 0.3) is 0 Å². The van der Waals surface area contributed by atoms with E-state index in [0.717, 1.165) is 55.4 Å². The molecule has 0 bridgehead atoms. The normalized spacial score (nSPS) is 20.5. The van der Waals surface area contributed by atoms with Crippen molar-refractivity contribution in [2.75, 3.05) is 55.3 Å². The Balaban J connectivity index is 1.43. The van der Waals surface area contributed by atoms with Gasteiger partial charge in [-0.2, -0.15) is 4.98 Å². The molecule has 4 rings (SSSR count). The van der Waals surface area contributed by atoms with E-state index in [1.807, 2.05) is 18.2 Å². The first-order valence-corrected chi connectivity index (χ1v) is 14.4. The lowest BCUT2D eigenvalue weighted by molar-refractivity contribution is -0.00778. The summed E-state index contributed by atoms with van der Waals surface area (Å²) in [4.78, 5) is 16.0. The van der Waals surface area contributed by atoms with Gasteiger partial charge in [0.05, 0.1) is 16.9 Å². The summed E-state index contributed by atoms with van der Waals surface area (Å²) in [5, 5.41) is 7.37. The van der Waals surface area contributed by atoms with Crippen molar-refractivity contribution in [1.82, 2.24) is 19.8 Å². The Morgan fingerprint density at radius 1 is 1.05 bits per heavy atom. The number of nitrogens with zero attached hydrogens (tertiary/aromatic N) is 5. The lowest BCUT2D eigenvalue weighted by Gasteiger charge is -2.53. The van der Waals surface area contributed by atoms with Gasteiger partial charge in [-0.15, -0.1) is 0 Å². The Bertz CT molecular complexity index is 1070. The van der Waals surface area contributed by atoms with Crippen LogP contribution >= 0.6 is 11.6 Å². The summed E-state index contributed by atoms with van der Waals surface area (Å²) in [5.41, 5.74) is 1.81. The molecule has 2 N–H and O–H groups in total. The maximum atomic E-state index is 14.8. The number of hydrogen-bond acceptors (Lipinski definition) is 7. The van der Waals surface area contributed by atoms with Gasteiger partial charge in [0.1, 0.15) is 0 Å². The van der Waals surface area contributed by atoms with Crippen LogP contribution in [-0.4, -0.2) is 76.7 Å². The van der Waals surface area contributed by atoms with Crippen molar-refractivity contribution in [3.63, 3.8) is 0 Å². The van der Waals surface area contributed by atoms with Gasteiger partial charge in [0.2, 0.25) is 5.95 Å². The molecule has 0 amide bonds. The van der Waals surface area contributed by atoms with Gasteiger partial charge in [0.25, 0.3) is 0 Å². The molecule has 7 nitrogen and oxygen atoms in total. The van der Waals surface area contributed by atoms with Crippen LogP contribution in [0.5, 0.6) is 0 Å². The van der Waals surface area contributed by atoms with Gasteiger partial charge in [-0.1, -0.05) is 31.4 Å². The van der Waals surface area contributed by atoms with Crippen molar-refractivity contribution in [1.29, 1.82) is 0 Å². The molecular formula is C29H45ClFN7. The Morgan fingerprint density at radius 2 is 1.74 bits per heavy atom. The van der Waals surface area contributed by atoms with Crippen molar-refractivity contribution in [2.24, 2.45) is 0 Å². The number of piperazine rings is 1. The third-order valence-electron chi connectivity index (χ3n) is 8.39. The third kappa shape index (κ3) is 6.88. The van der Waals surface area contributed by atoms with Crippen molar-refractivity contribution < 1.29 is 4.39 Å². The minimum atomic E-state index is -0.446. The van der Waals surface area contributed by atoms with Crippen LogP contribution in [0.1, 0.15) is 66.7 Å². The number of piperidine rings is 1. The Hall–Kier alpha value is -2.16. The molecule has 0 radical (unpaired) electrons. The highest BCUT2D eigenvalue weighted by Crippen LogP contribution is 2.38. The van der Waals surface area contributed by atoms with Gasteiger partial charge in [-0.05, 0) is 78.7 Å². The van der Waals surface area contributed by atoms with Gasteiger partial charge < -0.3 is 15.5 Å². The second-order valence-electron chi connectivity index (χ2n) is 12.2. The summed E-state index contributed by atoms with van der Waals surface area (Å²) >= 11 is 6.60. The first kappa shape index (κ1) is 28.8. The molecule has 2 saturated heterocycles.